The van der Waals surface area contributed by atoms with Crippen LogP contribution in [0.4, 0.5) is 0 Å². The molecular formula is C14H19. The van der Waals surface area contributed by atoms with Crippen molar-refractivity contribution in [3.8, 4) is 0 Å². The van der Waals surface area contributed by atoms with Crippen molar-refractivity contribution < 1.29 is 0 Å². The monoisotopic (exact) mass is 187 g/mol. The van der Waals surface area contributed by atoms with Crippen molar-refractivity contribution in [3.05, 3.63) is 55.0 Å². The summed E-state index contributed by atoms with van der Waals surface area (Å²) in [6.07, 6.45) is 25.5. The van der Waals surface area contributed by atoms with E-state index < -0.39 is 0 Å². The van der Waals surface area contributed by atoms with Crippen molar-refractivity contribution in [1.82, 2.24) is 0 Å². The normalized spacial score (nSPS) is 28.6. The highest BCUT2D eigenvalue weighted by Gasteiger charge is 1.84. The Hall–Kier alpha value is -1.04. The highest BCUT2D eigenvalue weighted by molar-refractivity contribution is 5.13. The quantitative estimate of drug-likeness (QED) is 0.494. The fraction of sp³-hybridized carbons (Fsp3) is 0.357. The van der Waals surface area contributed by atoms with Crippen LogP contribution in [0.5, 0.6) is 0 Å². The molecule has 0 atom stereocenters. The third kappa shape index (κ3) is 6.47. The SMILES string of the molecule is [CH]1/C=C/C=C\C=C\CC/C=C\CCC1. The molecule has 1 radical (unpaired) electrons. The largest absolute Gasteiger partial charge is 0.0885 e. The van der Waals surface area contributed by atoms with Crippen molar-refractivity contribution in [2.45, 2.75) is 32.1 Å². The first-order valence-corrected chi connectivity index (χ1v) is 5.47. The lowest BCUT2D eigenvalue weighted by atomic mass is 10.1. The van der Waals surface area contributed by atoms with Gasteiger partial charge in [-0.2, -0.15) is 0 Å². The van der Waals surface area contributed by atoms with Crippen molar-refractivity contribution in [2.24, 2.45) is 0 Å². The molecule has 0 fully saturated rings. The zero-order valence-corrected chi connectivity index (χ0v) is 8.73. The van der Waals surface area contributed by atoms with E-state index in [0.717, 1.165) is 6.42 Å². The Kier molecular flexibility index (Phi) is 6.74. The second kappa shape index (κ2) is 8.55. The summed E-state index contributed by atoms with van der Waals surface area (Å²) in [5, 5.41) is 0. The van der Waals surface area contributed by atoms with Crippen LogP contribution in [0, 0.1) is 6.42 Å². The van der Waals surface area contributed by atoms with E-state index in [4.69, 9.17) is 0 Å². The van der Waals surface area contributed by atoms with Gasteiger partial charge in [0.05, 0.1) is 0 Å². The molecule has 0 nitrogen and oxygen atoms in total. The van der Waals surface area contributed by atoms with Crippen LogP contribution in [-0.2, 0) is 0 Å². The molecule has 0 saturated carbocycles. The predicted octanol–water partition coefficient (Wildman–Crippen LogP) is 4.38. The second-order valence-electron chi connectivity index (χ2n) is 3.41. The first kappa shape index (κ1) is 11.0. The Bertz CT molecular complexity index is 228. The number of allylic oxidation sites excluding steroid dienone is 8. The van der Waals surface area contributed by atoms with Gasteiger partial charge in [-0.1, -0.05) is 48.6 Å². The summed E-state index contributed by atoms with van der Waals surface area (Å²) in [6, 6.07) is 0. The molecule has 0 aromatic carbocycles. The fourth-order valence-corrected chi connectivity index (χ4v) is 1.32. The van der Waals surface area contributed by atoms with Crippen LogP contribution in [-0.4, -0.2) is 0 Å². The summed E-state index contributed by atoms with van der Waals surface area (Å²) in [7, 11) is 0. The van der Waals surface area contributed by atoms with Gasteiger partial charge < -0.3 is 0 Å². The van der Waals surface area contributed by atoms with E-state index in [1.807, 2.05) is 0 Å². The van der Waals surface area contributed by atoms with Gasteiger partial charge in [-0.25, -0.2) is 0 Å². The van der Waals surface area contributed by atoms with Crippen LogP contribution in [0.3, 0.4) is 0 Å². The van der Waals surface area contributed by atoms with E-state index in [1.54, 1.807) is 0 Å². The summed E-state index contributed by atoms with van der Waals surface area (Å²) < 4.78 is 0. The molecule has 0 N–H and O–H groups in total. The highest BCUT2D eigenvalue weighted by atomic mass is 13.9. The van der Waals surface area contributed by atoms with Gasteiger partial charge in [-0.3, -0.25) is 0 Å². The molecule has 0 unspecified atom stereocenters. The summed E-state index contributed by atoms with van der Waals surface area (Å²) in [4.78, 5) is 0. The smallest absolute Gasteiger partial charge is 0.0167 e. The van der Waals surface area contributed by atoms with Gasteiger partial charge in [0.15, 0.2) is 0 Å². The number of hydrogen-bond donors (Lipinski definition) is 0. The Labute approximate surface area is 87.7 Å². The molecular weight excluding hydrogens is 168 g/mol. The van der Waals surface area contributed by atoms with E-state index in [2.05, 4.69) is 55.0 Å². The molecule has 1 aliphatic carbocycles. The first-order chi connectivity index (χ1) is 7.00. The minimum absolute atomic E-state index is 1.15. The van der Waals surface area contributed by atoms with Gasteiger partial charge in [0.2, 0.25) is 0 Å². The van der Waals surface area contributed by atoms with Gasteiger partial charge in [0.25, 0.3) is 0 Å². The predicted molar refractivity (Wildman–Crippen MR) is 63.9 cm³/mol. The molecule has 0 saturated heterocycles. The molecule has 1 aliphatic rings. The minimum Gasteiger partial charge on any atom is -0.0885 e. The van der Waals surface area contributed by atoms with Gasteiger partial charge in [0, 0.05) is 0 Å². The van der Waals surface area contributed by atoms with E-state index in [1.165, 1.54) is 25.7 Å². The van der Waals surface area contributed by atoms with Crippen molar-refractivity contribution >= 4 is 0 Å². The molecule has 0 aromatic heterocycles. The molecule has 0 bridgehead atoms. The maximum absolute atomic E-state index is 2.30. The topological polar surface area (TPSA) is 0 Å². The van der Waals surface area contributed by atoms with Crippen LogP contribution in [0.2, 0.25) is 0 Å². The first-order valence-electron chi connectivity index (χ1n) is 5.47. The van der Waals surface area contributed by atoms with Crippen LogP contribution in [0.25, 0.3) is 0 Å². The Morgan fingerprint density at radius 1 is 0.500 bits per heavy atom. The average molecular weight is 187 g/mol. The molecule has 1 rings (SSSR count). The zero-order chi connectivity index (χ0) is 9.90. The third-order valence-electron chi connectivity index (χ3n) is 2.12. The molecule has 0 heteroatoms. The highest BCUT2D eigenvalue weighted by Crippen LogP contribution is 2.03. The lowest BCUT2D eigenvalue weighted by Gasteiger charge is -1.93. The number of rotatable bonds is 0. The second-order valence-corrected chi connectivity index (χ2v) is 3.41. The van der Waals surface area contributed by atoms with Crippen molar-refractivity contribution in [1.29, 1.82) is 0 Å². The molecule has 0 aliphatic heterocycles. The van der Waals surface area contributed by atoms with E-state index in [-0.39, 0.29) is 0 Å². The van der Waals surface area contributed by atoms with E-state index in [9.17, 15) is 0 Å². The molecule has 0 amide bonds. The lowest BCUT2D eigenvalue weighted by molar-refractivity contribution is 0.838. The summed E-state index contributed by atoms with van der Waals surface area (Å²) >= 11 is 0. The van der Waals surface area contributed by atoms with E-state index >= 15 is 0 Å². The maximum atomic E-state index is 2.30. The molecule has 75 valence electrons. The summed E-state index contributed by atoms with van der Waals surface area (Å²) in [6.45, 7) is 0. The van der Waals surface area contributed by atoms with Gasteiger partial charge >= 0.3 is 0 Å². The zero-order valence-electron chi connectivity index (χ0n) is 8.73. The summed E-state index contributed by atoms with van der Waals surface area (Å²) in [5.74, 6) is 0. The molecule has 14 heavy (non-hydrogen) atoms. The molecule has 0 spiro atoms. The van der Waals surface area contributed by atoms with Crippen LogP contribution in [0.15, 0.2) is 48.6 Å². The Balaban J connectivity index is 2.35. The van der Waals surface area contributed by atoms with Gasteiger partial charge in [-0.15, -0.1) is 0 Å². The Morgan fingerprint density at radius 3 is 2.21 bits per heavy atom. The number of hydrogen-bond acceptors (Lipinski definition) is 0. The lowest BCUT2D eigenvalue weighted by Crippen LogP contribution is -1.74. The molecule has 0 aromatic rings. The van der Waals surface area contributed by atoms with Crippen LogP contribution in [0.1, 0.15) is 32.1 Å². The van der Waals surface area contributed by atoms with Crippen LogP contribution < -0.4 is 0 Å². The van der Waals surface area contributed by atoms with Crippen LogP contribution >= 0.6 is 0 Å². The van der Waals surface area contributed by atoms with Gasteiger partial charge in [0.1, 0.15) is 0 Å². The molecule has 0 heterocycles. The standard InChI is InChI=1S/C14H19/c1-2-4-6-8-10-12-14-13-11-9-7-5-3-1/h1-7,12,14H,8-11,13H2/b2-1-,5-3+,6-4+,14-12-. The van der Waals surface area contributed by atoms with Crippen molar-refractivity contribution in [3.63, 3.8) is 0 Å². The van der Waals surface area contributed by atoms with E-state index in [0.29, 0.717) is 0 Å². The Morgan fingerprint density at radius 2 is 1.21 bits per heavy atom. The minimum atomic E-state index is 1.15. The van der Waals surface area contributed by atoms with Gasteiger partial charge in [-0.05, 0) is 38.5 Å². The summed E-state index contributed by atoms with van der Waals surface area (Å²) in [5.41, 5.74) is 0. The maximum Gasteiger partial charge on any atom is -0.0167 e. The average Bonchev–Trinajstić information content (AvgIpc) is 2.22. The third-order valence-corrected chi connectivity index (χ3v) is 2.12. The van der Waals surface area contributed by atoms with Crippen molar-refractivity contribution in [2.75, 3.05) is 0 Å². The fourth-order valence-electron chi connectivity index (χ4n) is 1.32.